The lowest BCUT2D eigenvalue weighted by atomic mass is 9.81. The minimum atomic E-state index is 0.230. The van der Waals surface area contributed by atoms with E-state index in [9.17, 15) is 0 Å². The summed E-state index contributed by atoms with van der Waals surface area (Å²) < 4.78 is 2.21. The molecule has 0 saturated carbocycles. The molecular formula is C24H17Br2Cl. The van der Waals surface area contributed by atoms with Gasteiger partial charge >= 0.3 is 0 Å². The number of benzene rings is 3. The van der Waals surface area contributed by atoms with Crippen LogP contribution in [0.15, 0.2) is 93.9 Å². The molecule has 134 valence electrons. The quantitative estimate of drug-likeness (QED) is 0.338. The molecule has 0 N–H and O–H groups in total. The molecule has 0 heterocycles. The van der Waals surface area contributed by atoms with E-state index in [1.807, 2.05) is 24.3 Å². The van der Waals surface area contributed by atoms with Gasteiger partial charge in [0.2, 0.25) is 0 Å². The topological polar surface area (TPSA) is 0 Å². The van der Waals surface area contributed by atoms with Crippen LogP contribution < -0.4 is 0 Å². The maximum Gasteiger partial charge on any atom is 0.0444 e. The van der Waals surface area contributed by atoms with E-state index in [4.69, 9.17) is 11.6 Å². The van der Waals surface area contributed by atoms with Crippen LogP contribution in [0, 0.1) is 0 Å². The van der Waals surface area contributed by atoms with Crippen molar-refractivity contribution in [2.24, 2.45) is 0 Å². The van der Waals surface area contributed by atoms with E-state index in [0.717, 1.165) is 20.4 Å². The third kappa shape index (κ3) is 3.99. The molecule has 0 aliphatic heterocycles. The smallest absolute Gasteiger partial charge is 0.0444 e. The van der Waals surface area contributed by atoms with Crippen molar-refractivity contribution in [3.63, 3.8) is 0 Å². The predicted molar refractivity (Wildman–Crippen MR) is 123 cm³/mol. The summed E-state index contributed by atoms with van der Waals surface area (Å²) in [4.78, 5) is 0. The maximum absolute atomic E-state index is 6.54. The first-order chi connectivity index (χ1) is 13.1. The molecule has 27 heavy (non-hydrogen) atoms. The molecule has 1 unspecified atom stereocenters. The second kappa shape index (κ2) is 8.18. The van der Waals surface area contributed by atoms with Crippen LogP contribution in [0.25, 0.3) is 11.1 Å². The highest BCUT2D eigenvalue weighted by Gasteiger charge is 2.22. The van der Waals surface area contributed by atoms with E-state index in [0.29, 0.717) is 0 Å². The molecule has 1 atom stereocenters. The summed E-state index contributed by atoms with van der Waals surface area (Å²) in [5.74, 6) is 0.230. The number of rotatable bonds is 3. The fourth-order valence-corrected chi connectivity index (χ4v) is 4.88. The van der Waals surface area contributed by atoms with Gasteiger partial charge in [0.15, 0.2) is 0 Å². The van der Waals surface area contributed by atoms with E-state index >= 15 is 0 Å². The molecule has 0 aromatic heterocycles. The molecule has 3 heteroatoms. The van der Waals surface area contributed by atoms with Gasteiger partial charge in [-0.1, -0.05) is 110 Å². The van der Waals surface area contributed by atoms with E-state index in [2.05, 4.69) is 92.5 Å². The standard InChI is InChI=1S/C24H17Br2Cl/c25-22-10-4-1-7-19(22)16-13-17(20-8-2-5-11-23(20)26)15-18(14-16)21-9-3-6-12-24(21)27/h1-14,18H,15H2. The number of hydrogen-bond donors (Lipinski definition) is 0. The Hall–Kier alpha value is -1.61. The Morgan fingerprint density at radius 3 is 2.00 bits per heavy atom. The Bertz CT molecular complexity index is 1050. The highest BCUT2D eigenvalue weighted by atomic mass is 79.9. The summed E-state index contributed by atoms with van der Waals surface area (Å²) in [6.45, 7) is 0. The molecule has 3 aromatic carbocycles. The molecule has 0 amide bonds. The normalized spacial score (nSPS) is 16.6. The van der Waals surface area contributed by atoms with Crippen LogP contribution in [0.2, 0.25) is 5.02 Å². The number of allylic oxidation sites excluding steroid dienone is 4. The second-order valence-corrected chi connectivity index (χ2v) is 8.70. The zero-order valence-corrected chi connectivity index (χ0v) is 18.4. The van der Waals surface area contributed by atoms with Crippen molar-refractivity contribution in [1.29, 1.82) is 0 Å². The summed E-state index contributed by atoms with van der Waals surface area (Å²) in [5.41, 5.74) is 6.11. The lowest BCUT2D eigenvalue weighted by molar-refractivity contribution is 0.870. The summed E-state index contributed by atoms with van der Waals surface area (Å²) >= 11 is 14.0. The number of halogens is 3. The van der Waals surface area contributed by atoms with Gasteiger partial charge in [0.05, 0.1) is 0 Å². The summed E-state index contributed by atoms with van der Waals surface area (Å²) in [6, 6.07) is 24.9. The van der Waals surface area contributed by atoms with Gasteiger partial charge in [0.1, 0.15) is 0 Å². The van der Waals surface area contributed by atoms with Crippen LogP contribution >= 0.6 is 43.5 Å². The molecule has 1 aliphatic carbocycles. The fourth-order valence-electron chi connectivity index (χ4n) is 3.56. The zero-order valence-electron chi connectivity index (χ0n) is 14.5. The van der Waals surface area contributed by atoms with Crippen molar-refractivity contribution in [1.82, 2.24) is 0 Å². The Morgan fingerprint density at radius 2 is 1.33 bits per heavy atom. The SMILES string of the molecule is Clc1ccccc1C1C=C(c2ccccc2Br)C=C(c2ccccc2Br)C1. The van der Waals surface area contributed by atoms with Gasteiger partial charge in [-0.25, -0.2) is 0 Å². The van der Waals surface area contributed by atoms with Crippen molar-refractivity contribution < 1.29 is 0 Å². The van der Waals surface area contributed by atoms with Crippen molar-refractivity contribution in [2.75, 3.05) is 0 Å². The molecular weight excluding hydrogens is 484 g/mol. The third-order valence-electron chi connectivity index (χ3n) is 4.86. The average molecular weight is 501 g/mol. The maximum atomic E-state index is 6.54. The molecule has 0 nitrogen and oxygen atoms in total. The van der Waals surface area contributed by atoms with E-state index < -0.39 is 0 Å². The fraction of sp³-hybridized carbons (Fsp3) is 0.0833. The van der Waals surface area contributed by atoms with Crippen molar-refractivity contribution in [2.45, 2.75) is 12.3 Å². The van der Waals surface area contributed by atoms with E-state index in [1.165, 1.54) is 27.8 Å². The minimum Gasteiger partial charge on any atom is -0.0840 e. The first-order valence-corrected chi connectivity index (χ1v) is 10.8. The van der Waals surface area contributed by atoms with Gasteiger partial charge in [0, 0.05) is 19.9 Å². The minimum absolute atomic E-state index is 0.230. The third-order valence-corrected chi connectivity index (χ3v) is 6.59. The van der Waals surface area contributed by atoms with Crippen LogP contribution in [0.3, 0.4) is 0 Å². The van der Waals surface area contributed by atoms with Crippen LogP contribution in [-0.4, -0.2) is 0 Å². The highest BCUT2D eigenvalue weighted by Crippen LogP contribution is 2.43. The first kappa shape index (κ1) is 18.7. The molecule has 0 fully saturated rings. The summed E-state index contributed by atoms with van der Waals surface area (Å²) in [7, 11) is 0. The van der Waals surface area contributed by atoms with Crippen LogP contribution in [0.4, 0.5) is 0 Å². The van der Waals surface area contributed by atoms with Gasteiger partial charge in [-0.3, -0.25) is 0 Å². The lowest BCUT2D eigenvalue weighted by Gasteiger charge is -2.24. The van der Waals surface area contributed by atoms with Crippen molar-refractivity contribution >= 4 is 54.6 Å². The molecule has 0 bridgehead atoms. The van der Waals surface area contributed by atoms with E-state index in [1.54, 1.807) is 0 Å². The van der Waals surface area contributed by atoms with Gasteiger partial charge in [-0.05, 0) is 52.5 Å². The largest absolute Gasteiger partial charge is 0.0840 e. The summed E-state index contributed by atoms with van der Waals surface area (Å²) in [5, 5.41) is 0.818. The molecule has 0 spiro atoms. The molecule has 0 saturated heterocycles. The van der Waals surface area contributed by atoms with Crippen molar-refractivity contribution in [3.05, 3.63) is 116 Å². The molecule has 3 aromatic rings. The van der Waals surface area contributed by atoms with Crippen LogP contribution in [0.1, 0.15) is 29.0 Å². The first-order valence-electron chi connectivity index (χ1n) is 8.80. The monoisotopic (exact) mass is 498 g/mol. The summed E-state index contributed by atoms with van der Waals surface area (Å²) in [6.07, 6.45) is 5.55. The molecule has 1 aliphatic rings. The molecule has 4 rings (SSSR count). The van der Waals surface area contributed by atoms with E-state index in [-0.39, 0.29) is 5.92 Å². The van der Waals surface area contributed by atoms with Gasteiger partial charge in [-0.2, -0.15) is 0 Å². The second-order valence-electron chi connectivity index (χ2n) is 6.58. The van der Waals surface area contributed by atoms with Crippen LogP contribution in [0.5, 0.6) is 0 Å². The van der Waals surface area contributed by atoms with Crippen LogP contribution in [-0.2, 0) is 0 Å². The zero-order chi connectivity index (χ0) is 18.8. The molecule has 0 radical (unpaired) electrons. The van der Waals surface area contributed by atoms with Gasteiger partial charge < -0.3 is 0 Å². The number of hydrogen-bond acceptors (Lipinski definition) is 0. The van der Waals surface area contributed by atoms with Gasteiger partial charge in [0.25, 0.3) is 0 Å². The Labute approximate surface area is 181 Å². The van der Waals surface area contributed by atoms with Gasteiger partial charge in [-0.15, -0.1) is 0 Å². The highest BCUT2D eigenvalue weighted by molar-refractivity contribution is 9.10. The Balaban J connectivity index is 1.86. The Morgan fingerprint density at radius 1 is 0.741 bits per heavy atom. The van der Waals surface area contributed by atoms with Crippen molar-refractivity contribution in [3.8, 4) is 0 Å². The Kier molecular flexibility index (Phi) is 5.68. The lowest BCUT2D eigenvalue weighted by Crippen LogP contribution is -2.05. The average Bonchev–Trinajstić information content (AvgIpc) is 2.69. The predicted octanol–water partition coefficient (Wildman–Crippen LogP) is 8.52.